The van der Waals surface area contributed by atoms with Crippen molar-refractivity contribution in [2.75, 3.05) is 39.4 Å². The van der Waals surface area contributed by atoms with Crippen LogP contribution in [0.2, 0.25) is 0 Å². The Hall–Kier alpha value is -1.10. The lowest BCUT2D eigenvalue weighted by atomic mass is 10.3. The highest BCUT2D eigenvalue weighted by Gasteiger charge is 2.20. The molecule has 0 aliphatic carbocycles. The predicted octanol–water partition coefficient (Wildman–Crippen LogP) is 0.494. The van der Waals surface area contributed by atoms with Crippen LogP contribution in [0.25, 0.3) is 0 Å². The second-order valence-corrected chi connectivity index (χ2v) is 4.29. The first-order valence-corrected chi connectivity index (χ1v) is 6.26. The lowest BCUT2D eigenvalue weighted by Gasteiger charge is -2.29. The summed E-state index contributed by atoms with van der Waals surface area (Å²) in [4.78, 5) is 26.7. The number of ether oxygens (including phenoxy) is 1. The van der Waals surface area contributed by atoms with E-state index in [1.54, 1.807) is 9.80 Å². The first-order chi connectivity index (χ1) is 8.15. The third kappa shape index (κ3) is 4.73. The number of carbonyl (C=O) groups excluding carboxylic acids is 2. The molecule has 0 radical (unpaired) electrons. The Morgan fingerprint density at radius 2 is 1.94 bits per heavy atom. The SMILES string of the molecule is CCCCN(CC(=O)N1CCOCC1)C(C)=O. The maximum absolute atomic E-state index is 12.0. The fourth-order valence-electron chi connectivity index (χ4n) is 1.77. The topological polar surface area (TPSA) is 49.9 Å². The lowest BCUT2D eigenvalue weighted by molar-refractivity contribution is -0.142. The zero-order chi connectivity index (χ0) is 12.7. The summed E-state index contributed by atoms with van der Waals surface area (Å²) in [6.07, 6.45) is 1.96. The fourth-order valence-corrected chi connectivity index (χ4v) is 1.77. The number of nitrogens with zero attached hydrogens (tertiary/aromatic N) is 2. The summed E-state index contributed by atoms with van der Waals surface area (Å²) in [6.45, 7) is 6.93. The van der Waals surface area contributed by atoms with Crippen molar-refractivity contribution in [2.45, 2.75) is 26.7 Å². The summed E-state index contributed by atoms with van der Waals surface area (Å²) < 4.78 is 5.19. The van der Waals surface area contributed by atoms with E-state index in [2.05, 4.69) is 6.92 Å². The summed E-state index contributed by atoms with van der Waals surface area (Å²) >= 11 is 0. The quantitative estimate of drug-likeness (QED) is 0.705. The average Bonchev–Trinajstić information content (AvgIpc) is 2.35. The molecule has 0 spiro atoms. The Morgan fingerprint density at radius 1 is 1.29 bits per heavy atom. The number of carbonyl (C=O) groups is 2. The number of amides is 2. The van der Waals surface area contributed by atoms with Gasteiger partial charge in [-0.3, -0.25) is 9.59 Å². The maximum Gasteiger partial charge on any atom is 0.242 e. The van der Waals surface area contributed by atoms with Gasteiger partial charge in [0.05, 0.1) is 19.8 Å². The maximum atomic E-state index is 12.0. The number of hydrogen-bond acceptors (Lipinski definition) is 3. The van der Waals surface area contributed by atoms with Gasteiger partial charge in [0.2, 0.25) is 11.8 Å². The second kappa shape index (κ2) is 7.27. The van der Waals surface area contributed by atoms with Gasteiger partial charge in [-0.1, -0.05) is 13.3 Å². The van der Waals surface area contributed by atoms with E-state index >= 15 is 0 Å². The molecule has 1 aliphatic heterocycles. The lowest BCUT2D eigenvalue weighted by Crippen LogP contribution is -2.46. The largest absolute Gasteiger partial charge is 0.378 e. The molecular weight excluding hydrogens is 220 g/mol. The molecule has 0 aromatic rings. The highest BCUT2D eigenvalue weighted by atomic mass is 16.5. The third-order valence-electron chi connectivity index (χ3n) is 2.92. The molecule has 0 N–H and O–H groups in total. The number of unbranched alkanes of at least 4 members (excludes halogenated alkanes) is 1. The summed E-state index contributed by atoms with van der Waals surface area (Å²) in [7, 11) is 0. The van der Waals surface area contributed by atoms with Gasteiger partial charge in [-0.15, -0.1) is 0 Å². The molecule has 0 aromatic carbocycles. The Balaban J connectivity index is 2.42. The minimum atomic E-state index is -0.0277. The second-order valence-electron chi connectivity index (χ2n) is 4.29. The van der Waals surface area contributed by atoms with Crippen LogP contribution in [0.1, 0.15) is 26.7 Å². The highest BCUT2D eigenvalue weighted by molar-refractivity contribution is 5.83. The van der Waals surface area contributed by atoms with Gasteiger partial charge < -0.3 is 14.5 Å². The zero-order valence-electron chi connectivity index (χ0n) is 10.8. The van der Waals surface area contributed by atoms with Crippen LogP contribution in [0.5, 0.6) is 0 Å². The number of morpholine rings is 1. The first-order valence-electron chi connectivity index (χ1n) is 6.26. The third-order valence-corrected chi connectivity index (χ3v) is 2.92. The standard InChI is InChI=1S/C12H22N2O3/c1-3-4-5-14(11(2)15)10-12(16)13-6-8-17-9-7-13/h3-10H2,1-2H3. The van der Waals surface area contributed by atoms with Gasteiger partial charge in [-0.05, 0) is 6.42 Å². The molecule has 0 saturated carbocycles. The van der Waals surface area contributed by atoms with Gasteiger partial charge in [0.1, 0.15) is 0 Å². The van der Waals surface area contributed by atoms with Crippen LogP contribution in [0, 0.1) is 0 Å². The Kier molecular flexibility index (Phi) is 5.97. The molecule has 0 aromatic heterocycles. The Bertz CT molecular complexity index is 262. The normalized spacial score (nSPS) is 15.8. The van der Waals surface area contributed by atoms with Crippen LogP contribution in [0.3, 0.4) is 0 Å². The van der Waals surface area contributed by atoms with Gasteiger partial charge in [0.15, 0.2) is 0 Å². The van der Waals surface area contributed by atoms with E-state index in [9.17, 15) is 9.59 Å². The number of rotatable bonds is 5. The van der Waals surface area contributed by atoms with Crippen LogP contribution < -0.4 is 0 Å². The number of hydrogen-bond donors (Lipinski definition) is 0. The summed E-state index contributed by atoms with van der Waals surface area (Å²) in [5.74, 6) is -0.000312. The van der Waals surface area contributed by atoms with E-state index in [4.69, 9.17) is 4.74 Å². The van der Waals surface area contributed by atoms with Gasteiger partial charge in [-0.25, -0.2) is 0 Å². The van der Waals surface area contributed by atoms with Gasteiger partial charge >= 0.3 is 0 Å². The summed E-state index contributed by atoms with van der Waals surface area (Å²) in [5.41, 5.74) is 0. The molecule has 1 heterocycles. The van der Waals surface area contributed by atoms with Crippen molar-refractivity contribution in [2.24, 2.45) is 0 Å². The van der Waals surface area contributed by atoms with Crippen molar-refractivity contribution >= 4 is 11.8 Å². The molecule has 17 heavy (non-hydrogen) atoms. The minimum absolute atomic E-state index is 0.0274. The molecule has 1 saturated heterocycles. The Morgan fingerprint density at radius 3 is 2.47 bits per heavy atom. The average molecular weight is 242 g/mol. The molecule has 5 nitrogen and oxygen atoms in total. The van der Waals surface area contributed by atoms with Crippen molar-refractivity contribution in [3.05, 3.63) is 0 Å². The molecule has 0 bridgehead atoms. The smallest absolute Gasteiger partial charge is 0.242 e. The molecule has 98 valence electrons. The molecule has 2 amide bonds. The molecule has 1 fully saturated rings. The summed E-state index contributed by atoms with van der Waals surface area (Å²) in [6, 6.07) is 0. The minimum Gasteiger partial charge on any atom is -0.378 e. The van der Waals surface area contributed by atoms with E-state index in [0.29, 0.717) is 32.8 Å². The van der Waals surface area contributed by atoms with Gasteiger partial charge in [-0.2, -0.15) is 0 Å². The van der Waals surface area contributed by atoms with Crippen molar-refractivity contribution in [1.29, 1.82) is 0 Å². The fraction of sp³-hybridized carbons (Fsp3) is 0.833. The van der Waals surface area contributed by atoms with E-state index in [-0.39, 0.29) is 18.4 Å². The van der Waals surface area contributed by atoms with Gasteiger partial charge in [0.25, 0.3) is 0 Å². The van der Waals surface area contributed by atoms with E-state index < -0.39 is 0 Å². The Labute approximate surface area is 103 Å². The molecule has 0 unspecified atom stereocenters. The van der Waals surface area contributed by atoms with Crippen molar-refractivity contribution < 1.29 is 14.3 Å². The van der Waals surface area contributed by atoms with Crippen LogP contribution >= 0.6 is 0 Å². The molecule has 5 heteroatoms. The van der Waals surface area contributed by atoms with Crippen LogP contribution in [-0.4, -0.2) is 61.0 Å². The monoisotopic (exact) mass is 242 g/mol. The molecule has 1 rings (SSSR count). The van der Waals surface area contributed by atoms with Crippen LogP contribution in [0.15, 0.2) is 0 Å². The molecule has 1 aliphatic rings. The van der Waals surface area contributed by atoms with E-state index in [1.807, 2.05) is 0 Å². The molecular formula is C12H22N2O3. The van der Waals surface area contributed by atoms with Crippen molar-refractivity contribution in [3.8, 4) is 0 Å². The van der Waals surface area contributed by atoms with Crippen molar-refractivity contribution in [1.82, 2.24) is 9.80 Å². The van der Waals surface area contributed by atoms with Crippen LogP contribution in [0.4, 0.5) is 0 Å². The zero-order valence-corrected chi connectivity index (χ0v) is 10.8. The molecule has 0 atom stereocenters. The van der Waals surface area contributed by atoms with Crippen LogP contribution in [-0.2, 0) is 14.3 Å². The first kappa shape index (κ1) is 14.0. The van der Waals surface area contributed by atoms with Gasteiger partial charge in [0, 0.05) is 26.6 Å². The summed E-state index contributed by atoms with van der Waals surface area (Å²) in [5, 5.41) is 0. The van der Waals surface area contributed by atoms with Crippen molar-refractivity contribution in [3.63, 3.8) is 0 Å². The van der Waals surface area contributed by atoms with E-state index in [1.165, 1.54) is 6.92 Å². The van der Waals surface area contributed by atoms with E-state index in [0.717, 1.165) is 12.8 Å². The predicted molar refractivity (Wildman–Crippen MR) is 64.6 cm³/mol. The highest BCUT2D eigenvalue weighted by Crippen LogP contribution is 2.01.